The van der Waals surface area contributed by atoms with Gasteiger partial charge in [-0.3, -0.25) is 4.79 Å². The second kappa shape index (κ2) is 8.14. The van der Waals surface area contributed by atoms with Gasteiger partial charge in [0.2, 0.25) is 0 Å². The topological polar surface area (TPSA) is 47.8 Å². The molecule has 0 aliphatic heterocycles. The quantitative estimate of drug-likeness (QED) is 0.240. The third-order valence-corrected chi connectivity index (χ3v) is 5.34. The molecule has 0 unspecified atom stereocenters. The van der Waals surface area contributed by atoms with Crippen molar-refractivity contribution in [3.05, 3.63) is 88.2 Å². The highest BCUT2D eigenvalue weighted by atomic mass is 32.2. The lowest BCUT2D eigenvalue weighted by atomic mass is 10.0. The molecule has 0 saturated heterocycles. The Morgan fingerprint density at radius 1 is 1.10 bits per heavy atom. The van der Waals surface area contributed by atoms with Crippen molar-refractivity contribution >= 4 is 22.7 Å². The van der Waals surface area contributed by atoms with Crippen LogP contribution in [0.5, 0.6) is 0 Å². The van der Waals surface area contributed by atoms with Crippen molar-refractivity contribution in [1.82, 2.24) is 14.5 Å². The lowest BCUT2D eigenvalue weighted by Gasteiger charge is -2.14. The molecule has 2 aromatic carbocycles. The first-order chi connectivity index (χ1) is 14.8. The SMILES string of the molecule is CSc1ncc2c(=O)n(Cc3cc(C(F)(F)F)ccc3F)cc(-c3ccccc3)c2n1. The second-order valence-electron chi connectivity index (χ2n) is 6.76. The Labute approximate surface area is 178 Å². The van der Waals surface area contributed by atoms with E-state index in [0.29, 0.717) is 22.3 Å². The molecule has 0 N–H and O–H groups in total. The fourth-order valence-corrected chi connectivity index (χ4v) is 3.60. The van der Waals surface area contributed by atoms with Gasteiger partial charge < -0.3 is 4.57 Å². The smallest absolute Gasteiger partial charge is 0.310 e. The minimum Gasteiger partial charge on any atom is -0.310 e. The average molecular weight is 445 g/mol. The van der Waals surface area contributed by atoms with Crippen LogP contribution in [0.2, 0.25) is 0 Å². The van der Waals surface area contributed by atoms with E-state index in [1.807, 2.05) is 30.3 Å². The lowest BCUT2D eigenvalue weighted by Crippen LogP contribution is -2.22. The summed E-state index contributed by atoms with van der Waals surface area (Å²) in [7, 11) is 0. The van der Waals surface area contributed by atoms with Crippen molar-refractivity contribution in [3.63, 3.8) is 0 Å². The summed E-state index contributed by atoms with van der Waals surface area (Å²) in [6.07, 6.45) is 0.0772. The van der Waals surface area contributed by atoms with Crippen LogP contribution in [0.15, 0.2) is 70.9 Å². The number of hydrogen-bond donors (Lipinski definition) is 0. The Balaban J connectivity index is 1.92. The Kier molecular flexibility index (Phi) is 5.53. The standard InChI is InChI=1S/C22H15F4N3OS/c1-31-21-27-10-16-19(28-21)17(13-5-3-2-4-6-13)12-29(20(16)30)11-14-9-15(22(24,25)26)7-8-18(14)23/h2-10,12H,11H2,1H3. The molecule has 0 radical (unpaired) electrons. The number of hydrogen-bond acceptors (Lipinski definition) is 4. The molecular formula is C22H15F4N3OS. The summed E-state index contributed by atoms with van der Waals surface area (Å²) in [5.74, 6) is -0.824. The molecule has 0 spiro atoms. The van der Waals surface area contributed by atoms with Gasteiger partial charge in [-0.2, -0.15) is 13.2 Å². The predicted molar refractivity (Wildman–Crippen MR) is 112 cm³/mol. The van der Waals surface area contributed by atoms with Crippen LogP contribution in [0.4, 0.5) is 17.6 Å². The summed E-state index contributed by atoms with van der Waals surface area (Å²) in [4.78, 5) is 21.6. The summed E-state index contributed by atoms with van der Waals surface area (Å²) in [6, 6.07) is 11.3. The minimum absolute atomic E-state index is 0.200. The van der Waals surface area contributed by atoms with Crippen molar-refractivity contribution in [1.29, 1.82) is 0 Å². The van der Waals surface area contributed by atoms with Gasteiger partial charge in [-0.05, 0) is 30.0 Å². The van der Waals surface area contributed by atoms with Crippen LogP contribution >= 0.6 is 11.8 Å². The van der Waals surface area contributed by atoms with E-state index in [1.165, 1.54) is 28.7 Å². The third kappa shape index (κ3) is 4.18. The number of pyridine rings is 1. The van der Waals surface area contributed by atoms with E-state index in [-0.39, 0.29) is 17.5 Å². The van der Waals surface area contributed by atoms with Crippen molar-refractivity contribution < 1.29 is 17.6 Å². The van der Waals surface area contributed by atoms with E-state index in [1.54, 1.807) is 6.26 Å². The zero-order valence-electron chi connectivity index (χ0n) is 16.2. The summed E-state index contributed by atoms with van der Waals surface area (Å²) in [5, 5.41) is 0.678. The van der Waals surface area contributed by atoms with E-state index >= 15 is 0 Å². The van der Waals surface area contributed by atoms with E-state index < -0.39 is 23.1 Å². The van der Waals surface area contributed by atoms with Crippen LogP contribution in [-0.2, 0) is 12.7 Å². The largest absolute Gasteiger partial charge is 0.416 e. The molecule has 0 saturated carbocycles. The maximum Gasteiger partial charge on any atom is 0.416 e. The van der Waals surface area contributed by atoms with E-state index in [4.69, 9.17) is 0 Å². The maximum absolute atomic E-state index is 14.3. The van der Waals surface area contributed by atoms with E-state index in [2.05, 4.69) is 9.97 Å². The molecule has 0 amide bonds. The van der Waals surface area contributed by atoms with Crippen molar-refractivity contribution in [2.75, 3.05) is 6.26 Å². The van der Waals surface area contributed by atoms with Gasteiger partial charge in [0.05, 0.1) is 23.0 Å². The third-order valence-electron chi connectivity index (χ3n) is 4.78. The summed E-state index contributed by atoms with van der Waals surface area (Å²) in [6.45, 7) is -0.366. The molecule has 0 fully saturated rings. The molecule has 0 aliphatic carbocycles. The molecular weight excluding hydrogens is 430 g/mol. The van der Waals surface area contributed by atoms with Crippen molar-refractivity contribution in [2.45, 2.75) is 17.9 Å². The van der Waals surface area contributed by atoms with Gasteiger partial charge in [0, 0.05) is 23.5 Å². The monoisotopic (exact) mass is 445 g/mol. The number of alkyl halides is 3. The average Bonchev–Trinajstić information content (AvgIpc) is 2.76. The minimum atomic E-state index is -4.62. The molecule has 0 atom stereocenters. The predicted octanol–water partition coefficient (Wildman–Crippen LogP) is 5.39. The van der Waals surface area contributed by atoms with Gasteiger partial charge in [0.25, 0.3) is 5.56 Å². The van der Waals surface area contributed by atoms with Crippen LogP contribution in [0.25, 0.3) is 22.0 Å². The molecule has 4 nitrogen and oxygen atoms in total. The lowest BCUT2D eigenvalue weighted by molar-refractivity contribution is -0.137. The maximum atomic E-state index is 14.3. The number of halogens is 4. The number of aromatic nitrogens is 3. The first-order valence-corrected chi connectivity index (χ1v) is 10.4. The normalized spacial score (nSPS) is 11.8. The first kappa shape index (κ1) is 21.0. The van der Waals surface area contributed by atoms with Crippen LogP contribution in [-0.4, -0.2) is 20.8 Å². The highest BCUT2D eigenvalue weighted by molar-refractivity contribution is 7.98. The molecule has 4 rings (SSSR count). The summed E-state index contributed by atoms with van der Waals surface area (Å²) in [5.41, 5.74) is 0.0539. The van der Waals surface area contributed by atoms with Crippen LogP contribution in [0, 0.1) is 5.82 Å². The molecule has 31 heavy (non-hydrogen) atoms. The highest BCUT2D eigenvalue weighted by Crippen LogP contribution is 2.31. The van der Waals surface area contributed by atoms with E-state index in [0.717, 1.165) is 17.7 Å². The zero-order valence-corrected chi connectivity index (χ0v) is 17.0. The van der Waals surface area contributed by atoms with Gasteiger partial charge in [-0.1, -0.05) is 42.1 Å². The second-order valence-corrected chi connectivity index (χ2v) is 7.54. The Morgan fingerprint density at radius 3 is 2.52 bits per heavy atom. The molecule has 9 heteroatoms. The fourth-order valence-electron chi connectivity index (χ4n) is 3.26. The van der Waals surface area contributed by atoms with Crippen LogP contribution in [0.3, 0.4) is 0 Å². The van der Waals surface area contributed by atoms with Crippen molar-refractivity contribution in [3.8, 4) is 11.1 Å². The Morgan fingerprint density at radius 2 is 1.84 bits per heavy atom. The number of benzene rings is 2. The summed E-state index contributed by atoms with van der Waals surface area (Å²) < 4.78 is 54.7. The van der Waals surface area contributed by atoms with Gasteiger partial charge in [0.15, 0.2) is 5.16 Å². The van der Waals surface area contributed by atoms with Crippen LogP contribution in [0.1, 0.15) is 11.1 Å². The molecule has 2 aromatic heterocycles. The van der Waals surface area contributed by atoms with E-state index in [9.17, 15) is 22.4 Å². The highest BCUT2D eigenvalue weighted by Gasteiger charge is 2.31. The molecule has 158 valence electrons. The van der Waals surface area contributed by atoms with Gasteiger partial charge >= 0.3 is 6.18 Å². The first-order valence-electron chi connectivity index (χ1n) is 9.13. The molecule has 0 aliphatic rings. The van der Waals surface area contributed by atoms with Gasteiger partial charge in [-0.15, -0.1) is 0 Å². The fraction of sp³-hybridized carbons (Fsp3) is 0.136. The number of nitrogens with zero attached hydrogens (tertiary/aromatic N) is 3. The Bertz CT molecular complexity index is 1320. The van der Waals surface area contributed by atoms with Crippen molar-refractivity contribution in [2.24, 2.45) is 0 Å². The van der Waals surface area contributed by atoms with Crippen LogP contribution < -0.4 is 5.56 Å². The number of rotatable bonds is 4. The number of thioether (sulfide) groups is 1. The van der Waals surface area contributed by atoms with Gasteiger partial charge in [-0.25, -0.2) is 14.4 Å². The molecule has 4 aromatic rings. The molecule has 2 heterocycles. The molecule has 0 bridgehead atoms. The summed E-state index contributed by atoms with van der Waals surface area (Å²) >= 11 is 1.32. The number of fused-ring (bicyclic) bond motifs is 1. The zero-order chi connectivity index (χ0) is 22.2. The Hall–Kier alpha value is -3.20. The van der Waals surface area contributed by atoms with Gasteiger partial charge in [0.1, 0.15) is 5.82 Å².